The van der Waals surface area contributed by atoms with E-state index in [1.54, 1.807) is 12.1 Å². The van der Waals surface area contributed by atoms with E-state index < -0.39 is 10.0 Å². The number of fused-ring (bicyclic) bond motifs is 1. The number of benzene rings is 2. The fraction of sp³-hybridized carbons (Fsp3) is 0.476. The van der Waals surface area contributed by atoms with Crippen molar-refractivity contribution in [3.05, 3.63) is 42.5 Å². The van der Waals surface area contributed by atoms with Crippen LogP contribution in [0.1, 0.15) is 26.2 Å². The van der Waals surface area contributed by atoms with Gasteiger partial charge in [0.25, 0.3) is 0 Å². The van der Waals surface area contributed by atoms with Crippen LogP contribution in [0.2, 0.25) is 0 Å². The lowest BCUT2D eigenvalue weighted by Gasteiger charge is -2.30. The average molecular weight is 405 g/mol. The van der Waals surface area contributed by atoms with Crippen LogP contribution < -0.4 is 5.32 Å². The third kappa shape index (κ3) is 4.90. The van der Waals surface area contributed by atoms with E-state index in [-0.39, 0.29) is 11.8 Å². The van der Waals surface area contributed by atoms with Crippen LogP contribution in [0.4, 0.5) is 0 Å². The van der Waals surface area contributed by atoms with Crippen LogP contribution in [0.15, 0.2) is 47.4 Å². The highest BCUT2D eigenvalue weighted by molar-refractivity contribution is 7.89. The van der Waals surface area contributed by atoms with Gasteiger partial charge in [0.1, 0.15) is 0 Å². The van der Waals surface area contributed by atoms with E-state index in [2.05, 4.69) is 5.32 Å². The van der Waals surface area contributed by atoms with Gasteiger partial charge in [-0.1, -0.05) is 30.3 Å². The highest BCUT2D eigenvalue weighted by Gasteiger charge is 2.32. The minimum atomic E-state index is -3.54. The largest absolute Gasteiger partial charge is 0.382 e. The Hall–Kier alpha value is -1.96. The Kier molecular flexibility index (Phi) is 7.04. The van der Waals surface area contributed by atoms with E-state index >= 15 is 0 Å². The topological polar surface area (TPSA) is 75.7 Å². The van der Waals surface area contributed by atoms with Gasteiger partial charge in [0.05, 0.1) is 4.90 Å². The molecular formula is C21H28N2O4S. The monoisotopic (exact) mass is 404 g/mol. The van der Waals surface area contributed by atoms with Gasteiger partial charge < -0.3 is 10.1 Å². The highest BCUT2D eigenvalue weighted by atomic mass is 32.2. The van der Waals surface area contributed by atoms with Crippen molar-refractivity contribution in [2.45, 2.75) is 31.1 Å². The van der Waals surface area contributed by atoms with Crippen LogP contribution in [0.3, 0.4) is 0 Å². The van der Waals surface area contributed by atoms with Gasteiger partial charge in [-0.25, -0.2) is 8.42 Å². The normalized spacial score (nSPS) is 16.3. The SMILES string of the molecule is CCOCCCNC(=O)C1CCN(S(=O)(=O)c2ccc3ccccc3c2)CC1. The number of nitrogens with one attached hydrogen (secondary N) is 1. The molecule has 0 aromatic heterocycles. The van der Waals surface area contributed by atoms with Gasteiger partial charge in [0, 0.05) is 38.8 Å². The fourth-order valence-corrected chi connectivity index (χ4v) is 5.02. The molecule has 2 aromatic rings. The number of carbonyl (C=O) groups excluding carboxylic acids is 1. The number of nitrogens with zero attached hydrogens (tertiary/aromatic N) is 1. The van der Waals surface area contributed by atoms with Crippen molar-refractivity contribution in [2.75, 3.05) is 32.8 Å². The highest BCUT2D eigenvalue weighted by Crippen LogP contribution is 2.26. The van der Waals surface area contributed by atoms with Crippen molar-refractivity contribution in [1.82, 2.24) is 9.62 Å². The molecular weight excluding hydrogens is 376 g/mol. The molecule has 1 aliphatic heterocycles. The summed E-state index contributed by atoms with van der Waals surface area (Å²) in [5.74, 6) is -0.116. The quantitative estimate of drug-likeness (QED) is 0.687. The molecule has 0 radical (unpaired) electrons. The number of carbonyl (C=O) groups is 1. The first-order valence-electron chi connectivity index (χ1n) is 9.87. The van der Waals surface area contributed by atoms with Gasteiger partial charge in [-0.15, -0.1) is 0 Å². The maximum absolute atomic E-state index is 13.0. The first-order chi connectivity index (χ1) is 13.5. The molecule has 152 valence electrons. The molecule has 2 aromatic carbocycles. The third-order valence-electron chi connectivity index (χ3n) is 5.15. The zero-order chi connectivity index (χ0) is 20.0. The van der Waals surface area contributed by atoms with Crippen molar-refractivity contribution in [3.63, 3.8) is 0 Å². The molecule has 0 atom stereocenters. The maximum Gasteiger partial charge on any atom is 0.243 e. The molecule has 3 rings (SSSR count). The lowest BCUT2D eigenvalue weighted by molar-refractivity contribution is -0.126. The summed E-state index contributed by atoms with van der Waals surface area (Å²) in [6.07, 6.45) is 1.88. The summed E-state index contributed by atoms with van der Waals surface area (Å²) < 4.78 is 32.7. The molecule has 28 heavy (non-hydrogen) atoms. The Morgan fingerprint density at radius 1 is 1.14 bits per heavy atom. The summed E-state index contributed by atoms with van der Waals surface area (Å²) in [5.41, 5.74) is 0. The van der Waals surface area contributed by atoms with Crippen LogP contribution in [0.5, 0.6) is 0 Å². The predicted octanol–water partition coefficient (Wildman–Crippen LogP) is 2.78. The second kappa shape index (κ2) is 9.49. The van der Waals surface area contributed by atoms with E-state index in [0.29, 0.717) is 50.6 Å². The summed E-state index contributed by atoms with van der Waals surface area (Å²) in [7, 11) is -3.54. The Morgan fingerprint density at radius 2 is 1.86 bits per heavy atom. The van der Waals surface area contributed by atoms with E-state index in [9.17, 15) is 13.2 Å². The minimum Gasteiger partial charge on any atom is -0.382 e. The molecule has 1 amide bonds. The first-order valence-corrected chi connectivity index (χ1v) is 11.3. The van der Waals surface area contributed by atoms with Gasteiger partial charge in [-0.2, -0.15) is 4.31 Å². The summed E-state index contributed by atoms with van der Waals surface area (Å²) in [6.45, 7) is 4.59. The Labute approximate surface area is 166 Å². The third-order valence-corrected chi connectivity index (χ3v) is 7.05. The number of sulfonamides is 1. The molecule has 1 heterocycles. The number of rotatable bonds is 8. The van der Waals surface area contributed by atoms with Crippen molar-refractivity contribution in [3.8, 4) is 0 Å². The molecule has 0 unspecified atom stereocenters. The smallest absolute Gasteiger partial charge is 0.243 e. The van der Waals surface area contributed by atoms with Crippen LogP contribution in [0.25, 0.3) is 10.8 Å². The van der Waals surface area contributed by atoms with Crippen LogP contribution >= 0.6 is 0 Å². The number of ether oxygens (including phenoxy) is 1. The van der Waals surface area contributed by atoms with Gasteiger partial charge in [-0.05, 0) is 49.1 Å². The number of hydrogen-bond acceptors (Lipinski definition) is 4. The van der Waals surface area contributed by atoms with Gasteiger partial charge in [0.2, 0.25) is 15.9 Å². The molecule has 1 fully saturated rings. The second-order valence-electron chi connectivity index (χ2n) is 7.03. The van der Waals surface area contributed by atoms with Crippen molar-refractivity contribution in [2.24, 2.45) is 5.92 Å². The lowest BCUT2D eigenvalue weighted by Crippen LogP contribution is -2.43. The average Bonchev–Trinajstić information content (AvgIpc) is 2.73. The van der Waals surface area contributed by atoms with Crippen molar-refractivity contribution < 1.29 is 17.9 Å². The van der Waals surface area contributed by atoms with Gasteiger partial charge in [-0.3, -0.25) is 4.79 Å². The zero-order valence-electron chi connectivity index (χ0n) is 16.3. The maximum atomic E-state index is 13.0. The minimum absolute atomic E-state index is 0.0132. The predicted molar refractivity (Wildman–Crippen MR) is 110 cm³/mol. The molecule has 6 nitrogen and oxygen atoms in total. The van der Waals surface area contributed by atoms with E-state index in [4.69, 9.17) is 4.74 Å². The molecule has 0 spiro atoms. The molecule has 7 heteroatoms. The number of amides is 1. The van der Waals surface area contributed by atoms with Crippen LogP contribution in [-0.4, -0.2) is 51.5 Å². The molecule has 1 N–H and O–H groups in total. The Bertz CT molecular complexity index is 906. The Morgan fingerprint density at radius 3 is 2.57 bits per heavy atom. The van der Waals surface area contributed by atoms with E-state index in [1.165, 1.54) is 4.31 Å². The van der Waals surface area contributed by atoms with Crippen molar-refractivity contribution >= 4 is 26.7 Å². The summed E-state index contributed by atoms with van der Waals surface area (Å²) in [6, 6.07) is 12.9. The summed E-state index contributed by atoms with van der Waals surface area (Å²) in [5, 5.41) is 4.85. The van der Waals surface area contributed by atoms with Crippen molar-refractivity contribution in [1.29, 1.82) is 0 Å². The van der Waals surface area contributed by atoms with Crippen LogP contribution in [-0.2, 0) is 19.6 Å². The first kappa shape index (κ1) is 20.8. The lowest BCUT2D eigenvalue weighted by atomic mass is 9.97. The molecule has 1 aliphatic rings. The van der Waals surface area contributed by atoms with E-state index in [0.717, 1.165) is 17.2 Å². The summed E-state index contributed by atoms with van der Waals surface area (Å²) >= 11 is 0. The zero-order valence-corrected chi connectivity index (χ0v) is 17.1. The van der Waals surface area contributed by atoms with Gasteiger partial charge >= 0.3 is 0 Å². The number of hydrogen-bond donors (Lipinski definition) is 1. The number of piperidine rings is 1. The molecule has 0 bridgehead atoms. The van der Waals surface area contributed by atoms with Gasteiger partial charge in [0.15, 0.2) is 0 Å². The molecule has 1 saturated heterocycles. The second-order valence-corrected chi connectivity index (χ2v) is 8.97. The molecule has 0 saturated carbocycles. The Balaban J connectivity index is 1.56. The van der Waals surface area contributed by atoms with E-state index in [1.807, 2.05) is 37.3 Å². The standard InChI is InChI=1S/C21H28N2O4S/c1-2-27-15-5-12-22-21(24)18-10-13-23(14-11-18)28(25,26)20-9-8-17-6-3-4-7-19(17)16-20/h3-4,6-9,16,18H,2,5,10-15H2,1H3,(H,22,24). The molecule has 0 aliphatic carbocycles. The van der Waals surface area contributed by atoms with Crippen LogP contribution in [0, 0.1) is 5.92 Å². The fourth-order valence-electron chi connectivity index (χ4n) is 3.51. The summed E-state index contributed by atoms with van der Waals surface area (Å²) in [4.78, 5) is 12.6.